The number of nitrogens with one attached hydrogen (secondary N) is 2. The quantitative estimate of drug-likeness (QED) is 0.712. The normalized spacial score (nSPS) is 19.0. The van der Waals surface area contributed by atoms with Crippen LogP contribution < -0.4 is 25.0 Å². The van der Waals surface area contributed by atoms with Crippen LogP contribution in [0.3, 0.4) is 0 Å². The van der Waals surface area contributed by atoms with E-state index in [1.807, 2.05) is 6.07 Å². The molecule has 2 aliphatic rings. The summed E-state index contributed by atoms with van der Waals surface area (Å²) in [6.07, 6.45) is -0.278. The second-order valence-corrected chi connectivity index (χ2v) is 5.99. The van der Waals surface area contributed by atoms with Crippen molar-refractivity contribution in [2.45, 2.75) is 18.8 Å². The highest BCUT2D eigenvalue weighted by Gasteiger charge is 2.32. The van der Waals surface area contributed by atoms with Crippen molar-refractivity contribution in [3.05, 3.63) is 18.2 Å². The number of carbonyl (C=O) groups is 2. The van der Waals surface area contributed by atoms with Gasteiger partial charge in [0.1, 0.15) is 13.2 Å². The number of methoxy groups -OCH3 is 2. The van der Waals surface area contributed by atoms with Crippen molar-refractivity contribution in [1.29, 1.82) is 0 Å². The lowest BCUT2D eigenvalue weighted by Gasteiger charge is -2.22. The fraction of sp³-hybridized carbons (Fsp3) is 0.529. The van der Waals surface area contributed by atoms with Gasteiger partial charge in [0.25, 0.3) is 0 Å². The highest BCUT2D eigenvalue weighted by Crippen LogP contribution is 2.35. The maximum Gasteiger partial charge on any atom is 0.315 e. The van der Waals surface area contributed by atoms with Crippen LogP contribution in [0.2, 0.25) is 0 Å². The van der Waals surface area contributed by atoms with Crippen LogP contribution in [0.15, 0.2) is 18.2 Å². The Morgan fingerprint density at radius 2 is 2.00 bits per heavy atom. The molecule has 0 spiro atoms. The van der Waals surface area contributed by atoms with Crippen LogP contribution in [0.5, 0.6) is 11.5 Å². The zero-order chi connectivity index (χ0) is 18.5. The minimum atomic E-state index is -0.514. The molecule has 0 radical (unpaired) electrons. The molecule has 26 heavy (non-hydrogen) atoms. The van der Waals surface area contributed by atoms with E-state index >= 15 is 0 Å². The first-order valence-corrected chi connectivity index (χ1v) is 8.40. The molecule has 1 aromatic rings. The summed E-state index contributed by atoms with van der Waals surface area (Å²) in [7, 11) is 2.99. The van der Waals surface area contributed by atoms with E-state index in [0.29, 0.717) is 31.3 Å². The molecule has 1 saturated heterocycles. The molecular weight excluding hydrogens is 342 g/mol. The van der Waals surface area contributed by atoms with E-state index in [0.717, 1.165) is 5.69 Å². The van der Waals surface area contributed by atoms with Gasteiger partial charge in [-0.3, -0.25) is 4.79 Å². The number of rotatable bonds is 6. The molecule has 1 aromatic carbocycles. The zero-order valence-corrected chi connectivity index (χ0v) is 14.8. The second-order valence-electron chi connectivity index (χ2n) is 5.99. The number of hydrogen-bond acceptors (Lipinski definition) is 6. The molecule has 3 amide bonds. The summed E-state index contributed by atoms with van der Waals surface area (Å²) in [6.45, 7) is 1.61. The summed E-state index contributed by atoms with van der Waals surface area (Å²) in [5.74, 6) is 1.24. The fourth-order valence-corrected chi connectivity index (χ4v) is 2.93. The van der Waals surface area contributed by atoms with Crippen LogP contribution >= 0.6 is 0 Å². The first-order chi connectivity index (χ1) is 12.6. The van der Waals surface area contributed by atoms with Gasteiger partial charge in [-0.1, -0.05) is 0 Å². The number of hydrogen-bond donors (Lipinski definition) is 2. The summed E-state index contributed by atoms with van der Waals surface area (Å²) in [4.78, 5) is 25.9. The predicted molar refractivity (Wildman–Crippen MR) is 92.5 cm³/mol. The molecule has 0 aromatic heterocycles. The Bertz CT molecular complexity index is 664. The van der Waals surface area contributed by atoms with Gasteiger partial charge in [-0.05, 0) is 12.1 Å². The Hall–Kier alpha value is -2.52. The number of nitrogens with zero attached hydrogens (tertiary/aromatic N) is 1. The molecule has 0 saturated carbocycles. The number of amides is 3. The number of ether oxygens (including phenoxy) is 4. The van der Waals surface area contributed by atoms with E-state index < -0.39 is 6.29 Å². The SMILES string of the molecule is COC(CNC(=O)NC1CC(=O)N(c2ccc3c(c2)OCCO3)C1)OC. The average Bonchev–Trinajstić information content (AvgIpc) is 3.02. The second kappa shape index (κ2) is 8.24. The first-order valence-electron chi connectivity index (χ1n) is 8.40. The molecule has 0 bridgehead atoms. The molecule has 9 heteroatoms. The van der Waals surface area contributed by atoms with Gasteiger partial charge in [-0.25, -0.2) is 4.79 Å². The van der Waals surface area contributed by atoms with Crippen LogP contribution in [0.4, 0.5) is 10.5 Å². The maximum atomic E-state index is 12.3. The summed E-state index contributed by atoms with van der Waals surface area (Å²) in [6, 6.07) is 4.75. The average molecular weight is 365 g/mol. The Kier molecular flexibility index (Phi) is 5.79. The van der Waals surface area contributed by atoms with Crippen molar-refractivity contribution >= 4 is 17.6 Å². The van der Waals surface area contributed by atoms with Crippen molar-refractivity contribution in [3.63, 3.8) is 0 Å². The smallest absolute Gasteiger partial charge is 0.315 e. The van der Waals surface area contributed by atoms with Gasteiger partial charge >= 0.3 is 6.03 Å². The third-order valence-electron chi connectivity index (χ3n) is 4.25. The molecule has 3 rings (SSSR count). The largest absolute Gasteiger partial charge is 0.486 e. The molecule has 142 valence electrons. The van der Waals surface area contributed by atoms with E-state index in [4.69, 9.17) is 18.9 Å². The van der Waals surface area contributed by atoms with Crippen molar-refractivity contribution in [2.24, 2.45) is 0 Å². The maximum absolute atomic E-state index is 12.3. The van der Waals surface area contributed by atoms with Gasteiger partial charge in [0, 0.05) is 38.9 Å². The molecule has 2 N–H and O–H groups in total. The molecule has 2 heterocycles. The number of anilines is 1. The van der Waals surface area contributed by atoms with Crippen molar-refractivity contribution < 1.29 is 28.5 Å². The molecule has 1 atom stereocenters. The first kappa shape index (κ1) is 18.3. The van der Waals surface area contributed by atoms with Crippen molar-refractivity contribution in [2.75, 3.05) is 45.4 Å². The third kappa shape index (κ3) is 4.17. The monoisotopic (exact) mass is 365 g/mol. The lowest BCUT2D eigenvalue weighted by Crippen LogP contribution is -2.46. The topological polar surface area (TPSA) is 98.4 Å². The van der Waals surface area contributed by atoms with Crippen molar-refractivity contribution in [1.82, 2.24) is 10.6 Å². The molecular formula is C17H23N3O6. The van der Waals surface area contributed by atoms with E-state index in [1.54, 1.807) is 17.0 Å². The Morgan fingerprint density at radius 3 is 2.73 bits per heavy atom. The number of fused-ring (bicyclic) bond motifs is 1. The number of urea groups is 1. The third-order valence-corrected chi connectivity index (χ3v) is 4.25. The van der Waals surface area contributed by atoms with E-state index in [-0.39, 0.29) is 30.9 Å². The highest BCUT2D eigenvalue weighted by molar-refractivity contribution is 5.97. The number of benzene rings is 1. The molecule has 9 nitrogen and oxygen atoms in total. The van der Waals surface area contributed by atoms with Gasteiger partial charge in [-0.15, -0.1) is 0 Å². The van der Waals surface area contributed by atoms with Gasteiger partial charge in [0.15, 0.2) is 17.8 Å². The Morgan fingerprint density at radius 1 is 1.27 bits per heavy atom. The molecule has 2 aliphatic heterocycles. The molecule has 0 aliphatic carbocycles. The molecule has 1 unspecified atom stereocenters. The zero-order valence-electron chi connectivity index (χ0n) is 14.8. The Balaban J connectivity index is 1.56. The van der Waals surface area contributed by atoms with Gasteiger partial charge in [-0.2, -0.15) is 0 Å². The lowest BCUT2D eigenvalue weighted by molar-refractivity contribution is -0.117. The van der Waals surface area contributed by atoms with Crippen LogP contribution in [-0.4, -0.2) is 64.8 Å². The minimum Gasteiger partial charge on any atom is -0.486 e. The summed E-state index contributed by atoms with van der Waals surface area (Å²) < 4.78 is 21.1. The van der Waals surface area contributed by atoms with E-state index in [9.17, 15) is 9.59 Å². The Labute approximate surface area is 151 Å². The lowest BCUT2D eigenvalue weighted by atomic mass is 10.2. The summed E-state index contributed by atoms with van der Waals surface area (Å²) in [5, 5.41) is 5.45. The van der Waals surface area contributed by atoms with Gasteiger partial charge in [0.05, 0.1) is 12.6 Å². The van der Waals surface area contributed by atoms with Gasteiger partial charge in [0.2, 0.25) is 5.91 Å². The number of carbonyl (C=O) groups excluding carboxylic acids is 2. The van der Waals surface area contributed by atoms with Crippen molar-refractivity contribution in [3.8, 4) is 11.5 Å². The standard InChI is InChI=1S/C17H23N3O6/c1-23-16(24-2)9-18-17(22)19-11-7-15(21)20(10-11)12-3-4-13-14(8-12)26-6-5-25-13/h3-4,8,11,16H,5-7,9-10H2,1-2H3,(H2,18,19,22). The summed E-state index contributed by atoms with van der Waals surface area (Å²) in [5.41, 5.74) is 0.725. The minimum absolute atomic E-state index is 0.0568. The van der Waals surface area contributed by atoms with Crippen LogP contribution in [0.25, 0.3) is 0 Å². The van der Waals surface area contributed by atoms with E-state index in [2.05, 4.69) is 10.6 Å². The highest BCUT2D eigenvalue weighted by atomic mass is 16.7. The van der Waals surface area contributed by atoms with Gasteiger partial charge < -0.3 is 34.5 Å². The predicted octanol–water partition coefficient (Wildman–Crippen LogP) is 0.481. The van der Waals surface area contributed by atoms with Crippen LogP contribution in [-0.2, 0) is 14.3 Å². The van der Waals surface area contributed by atoms with Crippen LogP contribution in [0, 0.1) is 0 Å². The summed E-state index contributed by atoms with van der Waals surface area (Å²) >= 11 is 0. The fourth-order valence-electron chi connectivity index (χ4n) is 2.93. The molecule has 1 fully saturated rings. The van der Waals surface area contributed by atoms with Crippen LogP contribution in [0.1, 0.15) is 6.42 Å². The van der Waals surface area contributed by atoms with E-state index in [1.165, 1.54) is 14.2 Å².